The van der Waals surface area contributed by atoms with E-state index < -0.39 is 10.0 Å². The Balaban J connectivity index is 2.21. The van der Waals surface area contributed by atoms with Crippen molar-refractivity contribution >= 4 is 55.9 Å². The van der Waals surface area contributed by atoms with Crippen molar-refractivity contribution in [3.05, 3.63) is 44.6 Å². The number of anilines is 2. The van der Waals surface area contributed by atoms with Crippen molar-refractivity contribution < 1.29 is 8.42 Å². The first-order valence-electron chi connectivity index (χ1n) is 6.04. The zero-order valence-electron chi connectivity index (χ0n) is 11.4. The van der Waals surface area contributed by atoms with Gasteiger partial charge in [-0.1, -0.05) is 23.2 Å². The standard InChI is InChI=1S/C13H14Cl2N2O2S2/c1-8(12-5-6-13(15)20-12)16-11-7-9(3-4-10(11)14)17-21(2,18)19/h3-8,16-17H,1-2H3. The molecule has 4 nitrogen and oxygen atoms in total. The highest BCUT2D eigenvalue weighted by Crippen LogP contribution is 2.32. The van der Waals surface area contributed by atoms with Crippen LogP contribution in [0.5, 0.6) is 0 Å². The molecule has 2 rings (SSSR count). The van der Waals surface area contributed by atoms with Crippen LogP contribution < -0.4 is 10.0 Å². The molecule has 0 saturated heterocycles. The number of hydrogen-bond acceptors (Lipinski definition) is 4. The van der Waals surface area contributed by atoms with Crippen LogP contribution in [0.2, 0.25) is 9.36 Å². The fraction of sp³-hybridized carbons (Fsp3) is 0.231. The lowest BCUT2D eigenvalue weighted by Crippen LogP contribution is -2.10. The molecule has 1 unspecified atom stereocenters. The molecule has 114 valence electrons. The first-order valence-corrected chi connectivity index (χ1v) is 9.50. The van der Waals surface area contributed by atoms with E-state index in [-0.39, 0.29) is 6.04 Å². The maximum Gasteiger partial charge on any atom is 0.229 e. The molecule has 0 fully saturated rings. The van der Waals surface area contributed by atoms with Gasteiger partial charge in [0, 0.05) is 4.88 Å². The fourth-order valence-corrected chi connectivity index (χ4v) is 3.57. The van der Waals surface area contributed by atoms with Crippen LogP contribution in [-0.4, -0.2) is 14.7 Å². The van der Waals surface area contributed by atoms with E-state index in [1.165, 1.54) is 11.3 Å². The molecule has 0 aliphatic heterocycles. The van der Waals surface area contributed by atoms with Crippen molar-refractivity contribution in [2.24, 2.45) is 0 Å². The molecule has 1 heterocycles. The van der Waals surface area contributed by atoms with Crippen molar-refractivity contribution in [1.29, 1.82) is 0 Å². The summed E-state index contributed by atoms with van der Waals surface area (Å²) in [7, 11) is -3.32. The maximum absolute atomic E-state index is 11.3. The molecule has 0 radical (unpaired) electrons. The molecule has 0 spiro atoms. The van der Waals surface area contributed by atoms with Gasteiger partial charge in [-0.2, -0.15) is 0 Å². The van der Waals surface area contributed by atoms with Crippen molar-refractivity contribution in [2.75, 3.05) is 16.3 Å². The molecule has 1 atom stereocenters. The van der Waals surface area contributed by atoms with E-state index in [1.807, 2.05) is 19.1 Å². The van der Waals surface area contributed by atoms with Gasteiger partial charge in [0.05, 0.1) is 33.0 Å². The summed E-state index contributed by atoms with van der Waals surface area (Å²) in [5.41, 5.74) is 1.11. The van der Waals surface area contributed by atoms with Gasteiger partial charge >= 0.3 is 0 Å². The third-order valence-electron chi connectivity index (χ3n) is 2.66. The number of halogens is 2. The summed E-state index contributed by atoms with van der Waals surface area (Å²) in [6.07, 6.45) is 1.10. The average Bonchev–Trinajstić information content (AvgIpc) is 2.78. The second kappa shape index (κ2) is 6.44. The summed E-state index contributed by atoms with van der Waals surface area (Å²) < 4.78 is 25.7. The molecule has 0 bridgehead atoms. The Bertz CT molecular complexity index is 744. The Labute approximate surface area is 138 Å². The lowest BCUT2D eigenvalue weighted by Gasteiger charge is -2.16. The molecule has 21 heavy (non-hydrogen) atoms. The van der Waals surface area contributed by atoms with E-state index >= 15 is 0 Å². The molecule has 0 amide bonds. The lowest BCUT2D eigenvalue weighted by molar-refractivity contribution is 0.607. The van der Waals surface area contributed by atoms with E-state index in [0.717, 1.165) is 15.5 Å². The summed E-state index contributed by atoms with van der Waals surface area (Å²) in [4.78, 5) is 1.07. The Morgan fingerprint density at radius 1 is 1.19 bits per heavy atom. The highest BCUT2D eigenvalue weighted by molar-refractivity contribution is 7.92. The Hall–Kier alpha value is -0.950. The second-order valence-corrected chi connectivity index (χ2v) is 8.48. The van der Waals surface area contributed by atoms with E-state index in [4.69, 9.17) is 23.2 Å². The molecule has 8 heteroatoms. The molecule has 1 aromatic carbocycles. The Morgan fingerprint density at radius 2 is 1.90 bits per heavy atom. The minimum Gasteiger partial charge on any atom is -0.376 e. The number of rotatable bonds is 5. The fourth-order valence-electron chi connectivity index (χ4n) is 1.78. The largest absolute Gasteiger partial charge is 0.376 e. The molecular formula is C13H14Cl2N2O2S2. The van der Waals surface area contributed by atoms with Crippen molar-refractivity contribution in [3.63, 3.8) is 0 Å². The smallest absolute Gasteiger partial charge is 0.229 e. The first-order chi connectivity index (χ1) is 9.74. The minimum atomic E-state index is -3.32. The molecule has 0 aliphatic rings. The third kappa shape index (κ3) is 4.78. The normalized spacial score (nSPS) is 13.0. The molecule has 2 aromatic rings. The summed E-state index contributed by atoms with van der Waals surface area (Å²) >= 11 is 13.5. The third-order valence-corrected chi connectivity index (χ3v) is 5.01. The molecule has 0 aliphatic carbocycles. The van der Waals surface area contributed by atoms with Crippen molar-refractivity contribution in [3.8, 4) is 0 Å². The van der Waals surface area contributed by atoms with E-state index in [0.29, 0.717) is 16.4 Å². The van der Waals surface area contributed by atoms with Crippen LogP contribution >= 0.6 is 34.5 Å². The number of benzene rings is 1. The molecular weight excluding hydrogens is 351 g/mol. The van der Waals surface area contributed by atoms with Gasteiger partial charge in [0.1, 0.15) is 0 Å². The van der Waals surface area contributed by atoms with Crippen LogP contribution in [-0.2, 0) is 10.0 Å². The summed E-state index contributed by atoms with van der Waals surface area (Å²) in [6.45, 7) is 1.98. The Morgan fingerprint density at radius 3 is 2.48 bits per heavy atom. The van der Waals surface area contributed by atoms with Gasteiger partial charge in [-0.25, -0.2) is 8.42 Å². The number of sulfonamides is 1. The van der Waals surface area contributed by atoms with E-state index in [2.05, 4.69) is 10.0 Å². The zero-order chi connectivity index (χ0) is 15.6. The topological polar surface area (TPSA) is 58.2 Å². The SMILES string of the molecule is CC(Nc1cc(NS(C)(=O)=O)ccc1Cl)c1ccc(Cl)s1. The van der Waals surface area contributed by atoms with Crippen molar-refractivity contribution in [2.45, 2.75) is 13.0 Å². The van der Waals surface area contributed by atoms with E-state index in [1.54, 1.807) is 18.2 Å². The number of hydrogen-bond donors (Lipinski definition) is 2. The van der Waals surface area contributed by atoms with Crippen molar-refractivity contribution in [1.82, 2.24) is 0 Å². The van der Waals surface area contributed by atoms with Gasteiger partial charge in [-0.15, -0.1) is 11.3 Å². The van der Waals surface area contributed by atoms with E-state index in [9.17, 15) is 8.42 Å². The number of nitrogens with one attached hydrogen (secondary N) is 2. The highest BCUT2D eigenvalue weighted by Gasteiger charge is 2.11. The predicted molar refractivity (Wildman–Crippen MR) is 91.3 cm³/mol. The second-order valence-electron chi connectivity index (χ2n) is 4.58. The molecule has 2 N–H and O–H groups in total. The predicted octanol–water partition coefficient (Wildman–Crippen LogP) is 4.60. The average molecular weight is 365 g/mol. The highest BCUT2D eigenvalue weighted by atomic mass is 35.5. The zero-order valence-corrected chi connectivity index (χ0v) is 14.5. The van der Waals surface area contributed by atoms with Crippen LogP contribution in [0.1, 0.15) is 17.8 Å². The van der Waals surface area contributed by atoms with Gasteiger partial charge < -0.3 is 5.32 Å². The van der Waals surface area contributed by atoms with Gasteiger partial charge in [0.2, 0.25) is 10.0 Å². The van der Waals surface area contributed by atoms with Gasteiger partial charge in [0.25, 0.3) is 0 Å². The number of thiophene rings is 1. The van der Waals surface area contributed by atoms with Crippen LogP contribution in [0.3, 0.4) is 0 Å². The maximum atomic E-state index is 11.3. The monoisotopic (exact) mass is 364 g/mol. The minimum absolute atomic E-state index is 0.00786. The molecule has 1 aromatic heterocycles. The van der Waals surface area contributed by atoms with Crippen LogP contribution in [0.15, 0.2) is 30.3 Å². The molecule has 0 saturated carbocycles. The summed E-state index contributed by atoms with van der Waals surface area (Å²) in [5, 5.41) is 3.77. The first kappa shape index (κ1) is 16.4. The van der Waals surface area contributed by atoms with Gasteiger partial charge in [0.15, 0.2) is 0 Å². The summed E-state index contributed by atoms with van der Waals surface area (Å²) in [6, 6.07) is 8.70. The summed E-state index contributed by atoms with van der Waals surface area (Å²) in [5.74, 6) is 0. The van der Waals surface area contributed by atoms with Gasteiger partial charge in [-0.3, -0.25) is 4.72 Å². The lowest BCUT2D eigenvalue weighted by atomic mass is 10.2. The van der Waals surface area contributed by atoms with Crippen LogP contribution in [0, 0.1) is 0 Å². The van der Waals surface area contributed by atoms with Crippen LogP contribution in [0.4, 0.5) is 11.4 Å². The van der Waals surface area contributed by atoms with Crippen LogP contribution in [0.25, 0.3) is 0 Å². The quantitative estimate of drug-likeness (QED) is 0.814. The Kier molecular flexibility index (Phi) is 5.03. The van der Waals surface area contributed by atoms with Gasteiger partial charge in [-0.05, 0) is 37.3 Å².